The first-order chi connectivity index (χ1) is 6.95. The molecule has 1 atom stereocenters. The Morgan fingerprint density at radius 3 is 2.43 bits per heavy atom. The summed E-state index contributed by atoms with van der Waals surface area (Å²) in [5, 5.41) is 3.57. The normalized spacial score (nSPS) is 29.6. The molecule has 2 fully saturated rings. The van der Waals surface area contributed by atoms with Crippen molar-refractivity contribution in [2.24, 2.45) is 5.92 Å². The molecule has 2 rings (SSSR count). The summed E-state index contributed by atoms with van der Waals surface area (Å²) in [6.07, 6.45) is 10.2. The van der Waals surface area contributed by atoms with Crippen LogP contribution in [0.25, 0.3) is 0 Å². The quantitative estimate of drug-likeness (QED) is 0.747. The molecule has 0 aromatic heterocycles. The lowest BCUT2D eigenvalue weighted by atomic mass is 10.1. The fourth-order valence-electron chi connectivity index (χ4n) is 2.63. The molecule has 1 N–H and O–H groups in total. The smallest absolute Gasteiger partial charge is 0.0699 e. The van der Waals surface area contributed by atoms with Gasteiger partial charge in [0.25, 0.3) is 0 Å². The number of ether oxygens (including phenoxy) is 1. The van der Waals surface area contributed by atoms with Crippen molar-refractivity contribution in [1.82, 2.24) is 5.32 Å². The lowest BCUT2D eigenvalue weighted by Gasteiger charge is -2.23. The van der Waals surface area contributed by atoms with Crippen LogP contribution in [0.15, 0.2) is 0 Å². The lowest BCUT2D eigenvalue weighted by molar-refractivity contribution is 0.0165. The molecule has 1 saturated heterocycles. The molecule has 1 saturated carbocycles. The minimum atomic E-state index is 0.505. The molecule has 0 aromatic rings. The van der Waals surface area contributed by atoms with Crippen molar-refractivity contribution >= 4 is 0 Å². The van der Waals surface area contributed by atoms with E-state index in [1.165, 1.54) is 51.5 Å². The van der Waals surface area contributed by atoms with E-state index in [0.29, 0.717) is 6.10 Å². The van der Waals surface area contributed by atoms with E-state index in [9.17, 15) is 0 Å². The number of hydrogen-bond acceptors (Lipinski definition) is 2. The minimum absolute atomic E-state index is 0.505. The maximum absolute atomic E-state index is 5.68. The van der Waals surface area contributed by atoms with Gasteiger partial charge in [-0.1, -0.05) is 12.8 Å². The Hall–Kier alpha value is -0.0800. The molecule has 0 radical (unpaired) electrons. The zero-order valence-electron chi connectivity index (χ0n) is 9.13. The summed E-state index contributed by atoms with van der Waals surface area (Å²) < 4.78 is 5.68. The van der Waals surface area contributed by atoms with E-state index >= 15 is 0 Å². The van der Waals surface area contributed by atoms with Crippen LogP contribution in [0.4, 0.5) is 0 Å². The highest BCUT2D eigenvalue weighted by Crippen LogP contribution is 2.23. The molecule has 0 spiro atoms. The van der Waals surface area contributed by atoms with E-state index in [4.69, 9.17) is 4.74 Å². The van der Waals surface area contributed by atoms with E-state index in [0.717, 1.165) is 19.1 Å². The molecular weight excluding hydrogens is 174 g/mol. The highest BCUT2D eigenvalue weighted by atomic mass is 16.5. The van der Waals surface area contributed by atoms with E-state index < -0.39 is 0 Å². The minimum Gasteiger partial charge on any atom is -0.377 e. The Morgan fingerprint density at radius 1 is 0.929 bits per heavy atom. The van der Waals surface area contributed by atoms with Crippen LogP contribution in [0, 0.1) is 5.92 Å². The van der Waals surface area contributed by atoms with Gasteiger partial charge in [0.05, 0.1) is 6.10 Å². The highest BCUT2D eigenvalue weighted by molar-refractivity contribution is 4.72. The summed E-state index contributed by atoms with van der Waals surface area (Å²) in [5.41, 5.74) is 0. The van der Waals surface area contributed by atoms with Gasteiger partial charge in [0.15, 0.2) is 0 Å². The van der Waals surface area contributed by atoms with Gasteiger partial charge in [-0.2, -0.15) is 0 Å². The molecule has 14 heavy (non-hydrogen) atoms. The Balaban J connectivity index is 1.52. The van der Waals surface area contributed by atoms with Gasteiger partial charge >= 0.3 is 0 Å². The first-order valence-corrected chi connectivity index (χ1v) is 6.27. The number of nitrogens with one attached hydrogen (secondary N) is 1. The van der Waals surface area contributed by atoms with Crippen molar-refractivity contribution in [3.63, 3.8) is 0 Å². The zero-order valence-corrected chi connectivity index (χ0v) is 9.13. The lowest BCUT2D eigenvalue weighted by Crippen LogP contribution is -2.34. The maximum atomic E-state index is 5.68. The van der Waals surface area contributed by atoms with Crippen molar-refractivity contribution in [3.8, 4) is 0 Å². The third-order valence-electron chi connectivity index (χ3n) is 3.55. The van der Waals surface area contributed by atoms with Crippen LogP contribution in [0.3, 0.4) is 0 Å². The van der Waals surface area contributed by atoms with Crippen LogP contribution in [0.1, 0.15) is 44.9 Å². The standard InChI is InChI=1S/C12H23NO/c1-2-6-11(5-1)9-13-10-12-7-3-4-8-14-12/h11-13H,1-10H2. The van der Waals surface area contributed by atoms with Gasteiger partial charge in [-0.05, 0) is 44.6 Å². The van der Waals surface area contributed by atoms with Gasteiger partial charge in [-0.25, -0.2) is 0 Å². The van der Waals surface area contributed by atoms with Gasteiger partial charge in [-0.15, -0.1) is 0 Å². The highest BCUT2D eigenvalue weighted by Gasteiger charge is 2.16. The van der Waals surface area contributed by atoms with E-state index in [1.807, 2.05) is 0 Å². The average molecular weight is 197 g/mol. The van der Waals surface area contributed by atoms with Crippen LogP contribution in [0.5, 0.6) is 0 Å². The fraction of sp³-hybridized carbons (Fsp3) is 1.00. The van der Waals surface area contributed by atoms with Gasteiger partial charge < -0.3 is 10.1 Å². The number of rotatable bonds is 4. The van der Waals surface area contributed by atoms with Crippen LogP contribution in [-0.4, -0.2) is 25.8 Å². The van der Waals surface area contributed by atoms with Gasteiger partial charge in [0.2, 0.25) is 0 Å². The van der Waals surface area contributed by atoms with Crippen LogP contribution >= 0.6 is 0 Å². The predicted octanol–water partition coefficient (Wildman–Crippen LogP) is 2.34. The summed E-state index contributed by atoms with van der Waals surface area (Å²) >= 11 is 0. The second kappa shape index (κ2) is 5.72. The molecule has 0 amide bonds. The van der Waals surface area contributed by atoms with Gasteiger partial charge in [0, 0.05) is 13.2 Å². The summed E-state index contributed by atoms with van der Waals surface area (Å²) in [5.74, 6) is 0.957. The second-order valence-corrected chi connectivity index (χ2v) is 4.80. The molecule has 2 heteroatoms. The molecule has 1 aliphatic carbocycles. The van der Waals surface area contributed by atoms with Crippen LogP contribution < -0.4 is 5.32 Å². The van der Waals surface area contributed by atoms with Crippen molar-refractivity contribution in [3.05, 3.63) is 0 Å². The zero-order chi connectivity index (χ0) is 9.64. The molecule has 0 bridgehead atoms. The van der Waals surface area contributed by atoms with Crippen molar-refractivity contribution in [1.29, 1.82) is 0 Å². The Morgan fingerprint density at radius 2 is 1.71 bits per heavy atom. The largest absolute Gasteiger partial charge is 0.377 e. The Labute approximate surface area is 87.4 Å². The predicted molar refractivity (Wildman–Crippen MR) is 58.4 cm³/mol. The molecule has 1 aliphatic heterocycles. The van der Waals surface area contributed by atoms with Crippen molar-refractivity contribution < 1.29 is 4.74 Å². The third-order valence-corrected chi connectivity index (χ3v) is 3.55. The summed E-state index contributed by atoms with van der Waals surface area (Å²) in [6, 6.07) is 0. The van der Waals surface area contributed by atoms with E-state index in [-0.39, 0.29) is 0 Å². The first kappa shape index (κ1) is 10.4. The Bertz CT molecular complexity index is 148. The van der Waals surface area contributed by atoms with Gasteiger partial charge in [-0.3, -0.25) is 0 Å². The molecule has 2 nitrogen and oxygen atoms in total. The topological polar surface area (TPSA) is 21.3 Å². The average Bonchev–Trinajstić information content (AvgIpc) is 2.72. The first-order valence-electron chi connectivity index (χ1n) is 6.27. The maximum Gasteiger partial charge on any atom is 0.0699 e. The summed E-state index contributed by atoms with van der Waals surface area (Å²) in [4.78, 5) is 0. The van der Waals surface area contributed by atoms with Crippen LogP contribution in [-0.2, 0) is 4.74 Å². The van der Waals surface area contributed by atoms with Crippen molar-refractivity contribution in [2.75, 3.05) is 19.7 Å². The summed E-state index contributed by atoms with van der Waals surface area (Å²) in [6.45, 7) is 3.28. The van der Waals surface area contributed by atoms with Gasteiger partial charge in [0.1, 0.15) is 0 Å². The SMILES string of the molecule is C1CCC(CNCC2CCCC2)OC1. The second-order valence-electron chi connectivity index (χ2n) is 4.80. The van der Waals surface area contributed by atoms with E-state index in [1.54, 1.807) is 0 Å². The van der Waals surface area contributed by atoms with Crippen molar-refractivity contribution in [2.45, 2.75) is 51.0 Å². The summed E-state index contributed by atoms with van der Waals surface area (Å²) in [7, 11) is 0. The molecule has 1 heterocycles. The third kappa shape index (κ3) is 3.25. The monoisotopic (exact) mass is 197 g/mol. The van der Waals surface area contributed by atoms with E-state index in [2.05, 4.69) is 5.32 Å². The fourth-order valence-corrected chi connectivity index (χ4v) is 2.63. The number of hydrogen-bond donors (Lipinski definition) is 1. The molecule has 1 unspecified atom stereocenters. The molecule has 82 valence electrons. The van der Waals surface area contributed by atoms with Crippen LogP contribution in [0.2, 0.25) is 0 Å². The Kier molecular flexibility index (Phi) is 4.26. The molecule has 2 aliphatic rings. The molecule has 0 aromatic carbocycles. The molecular formula is C12H23NO.